The molecule has 0 amide bonds. The number of fused-ring (bicyclic) bond motifs is 1. The zero-order valence-electron chi connectivity index (χ0n) is 16.8. The first kappa shape index (κ1) is 19.3. The molecule has 5 rings (SSSR count). The highest BCUT2D eigenvalue weighted by molar-refractivity contribution is 8.18. The van der Waals surface area contributed by atoms with E-state index in [0.29, 0.717) is 0 Å². The highest BCUT2D eigenvalue weighted by Gasteiger charge is 2.49. The lowest BCUT2D eigenvalue weighted by atomic mass is 9.83. The molecule has 1 atom stereocenters. The first-order valence-electron chi connectivity index (χ1n) is 10.2. The van der Waals surface area contributed by atoms with E-state index in [1.165, 1.54) is 42.6 Å². The fourth-order valence-corrected chi connectivity index (χ4v) is 9.56. The summed E-state index contributed by atoms with van der Waals surface area (Å²) in [5.74, 6) is 0. The summed E-state index contributed by atoms with van der Waals surface area (Å²) >= 11 is 8.14. The van der Waals surface area contributed by atoms with Crippen LogP contribution in [0.4, 0.5) is 10.8 Å². The molecule has 5 nitrogen and oxygen atoms in total. The van der Waals surface area contributed by atoms with Crippen LogP contribution in [0.1, 0.15) is 33.1 Å². The van der Waals surface area contributed by atoms with Crippen LogP contribution in [0.5, 0.6) is 0 Å². The molecule has 2 saturated heterocycles. The second-order valence-corrected chi connectivity index (χ2v) is 13.3. The molecule has 1 aromatic heterocycles. The van der Waals surface area contributed by atoms with E-state index in [9.17, 15) is 0 Å². The molecular weight excluding hydrogens is 417 g/mol. The Morgan fingerprint density at radius 2 is 2.00 bits per heavy atom. The second-order valence-electron chi connectivity index (χ2n) is 8.65. The number of hydrogen-bond acceptors (Lipinski definition) is 4. The van der Waals surface area contributed by atoms with Gasteiger partial charge in [0.2, 0.25) is 0 Å². The summed E-state index contributed by atoms with van der Waals surface area (Å²) in [6.45, 7) is 7.08. The Bertz CT molecular complexity index is 1010. The van der Waals surface area contributed by atoms with Crippen LogP contribution in [0.3, 0.4) is 0 Å². The molecule has 0 radical (unpaired) electrons. The van der Waals surface area contributed by atoms with Crippen molar-refractivity contribution in [1.29, 1.82) is 0 Å². The summed E-state index contributed by atoms with van der Waals surface area (Å²) < 4.78 is 2.21. The van der Waals surface area contributed by atoms with E-state index < -0.39 is 6.34 Å². The predicted molar refractivity (Wildman–Crippen MR) is 126 cm³/mol. The van der Waals surface area contributed by atoms with Crippen molar-refractivity contribution in [2.75, 3.05) is 23.0 Å². The van der Waals surface area contributed by atoms with Gasteiger partial charge in [0, 0.05) is 30.8 Å². The van der Waals surface area contributed by atoms with Crippen molar-refractivity contribution in [3.8, 4) is 0 Å². The molecule has 2 aliphatic heterocycles. The van der Waals surface area contributed by atoms with E-state index >= 15 is 0 Å². The zero-order valence-corrected chi connectivity index (χ0v) is 19.3. The number of anilines is 2. The summed E-state index contributed by atoms with van der Waals surface area (Å²) in [5.41, 5.74) is 7.60. The molecule has 3 N–H and O–H groups in total. The normalized spacial score (nSPS) is 26.3. The number of para-hydroxylation sites is 1. The number of quaternary nitrogens is 1. The van der Waals surface area contributed by atoms with E-state index in [-0.39, 0.29) is 5.41 Å². The van der Waals surface area contributed by atoms with Gasteiger partial charge in [-0.25, -0.2) is 9.76 Å². The molecule has 0 spiro atoms. The van der Waals surface area contributed by atoms with Gasteiger partial charge in [-0.3, -0.25) is 5.43 Å². The first-order valence-corrected chi connectivity index (χ1v) is 13.8. The summed E-state index contributed by atoms with van der Waals surface area (Å²) in [6, 6.07) is 10.4. The third kappa shape index (κ3) is 3.44. The van der Waals surface area contributed by atoms with E-state index in [1.54, 1.807) is 16.2 Å². The Hall–Kier alpha value is -1.66. The summed E-state index contributed by atoms with van der Waals surface area (Å²) in [6.07, 6.45) is 5.53. The lowest BCUT2D eigenvalue weighted by Gasteiger charge is -2.33. The lowest BCUT2D eigenvalue weighted by molar-refractivity contribution is -0.849. The number of likely N-dealkylation sites (tertiary alicyclic amines) is 1. The minimum Gasteiger partial charge on any atom is -0.313 e. The summed E-state index contributed by atoms with van der Waals surface area (Å²) in [4.78, 5) is 6.12. The Morgan fingerprint density at radius 1 is 1.24 bits per heavy atom. The maximum atomic E-state index is 6.52. The first-order chi connectivity index (χ1) is 14.0. The SMILES string of the molecule is CC1(C)C=C2NN(c3ccccc3)[P@](=S)(Nc3nccs3)C2=C([NH+]2CCCC2)C1. The molecule has 2 fully saturated rings. The van der Waals surface area contributed by atoms with Crippen molar-refractivity contribution in [3.63, 3.8) is 0 Å². The van der Waals surface area contributed by atoms with Crippen molar-refractivity contribution in [2.24, 2.45) is 5.41 Å². The fraction of sp³-hybridized carbons (Fsp3) is 0.381. The molecule has 3 aliphatic rings. The van der Waals surface area contributed by atoms with Crippen molar-refractivity contribution < 1.29 is 4.90 Å². The number of hydrogen-bond donors (Lipinski definition) is 3. The average molecular weight is 445 g/mol. The van der Waals surface area contributed by atoms with Gasteiger partial charge in [-0.05, 0) is 29.4 Å². The molecule has 0 saturated carbocycles. The van der Waals surface area contributed by atoms with Crippen LogP contribution in [0.25, 0.3) is 0 Å². The fourth-order valence-electron chi connectivity index (χ4n) is 4.63. The number of nitrogens with zero attached hydrogens (tertiary/aromatic N) is 2. The smallest absolute Gasteiger partial charge is 0.187 e. The number of hydrazine groups is 1. The highest BCUT2D eigenvalue weighted by Crippen LogP contribution is 2.66. The van der Waals surface area contributed by atoms with Gasteiger partial charge in [0.05, 0.1) is 24.5 Å². The molecule has 152 valence electrons. The second kappa shape index (κ2) is 7.24. The quantitative estimate of drug-likeness (QED) is 0.620. The van der Waals surface area contributed by atoms with Gasteiger partial charge >= 0.3 is 0 Å². The Kier molecular flexibility index (Phi) is 4.82. The minimum atomic E-state index is -2.34. The van der Waals surface area contributed by atoms with Crippen LogP contribution in [0.15, 0.2) is 64.7 Å². The number of rotatable bonds is 4. The number of aromatic nitrogens is 1. The Balaban J connectivity index is 1.69. The molecule has 8 heteroatoms. The topological polar surface area (TPSA) is 44.6 Å². The summed E-state index contributed by atoms with van der Waals surface area (Å²) in [7, 11) is 0. The van der Waals surface area contributed by atoms with E-state index in [1.807, 2.05) is 17.6 Å². The molecule has 1 aromatic carbocycles. The lowest BCUT2D eigenvalue weighted by Crippen LogP contribution is -3.08. The van der Waals surface area contributed by atoms with E-state index in [4.69, 9.17) is 11.8 Å². The highest BCUT2D eigenvalue weighted by atomic mass is 32.4. The largest absolute Gasteiger partial charge is 0.313 e. The molecule has 0 bridgehead atoms. The van der Waals surface area contributed by atoms with Crippen LogP contribution >= 0.6 is 17.7 Å². The van der Waals surface area contributed by atoms with Crippen molar-refractivity contribution in [3.05, 3.63) is 64.7 Å². The molecule has 3 heterocycles. The van der Waals surface area contributed by atoms with Crippen molar-refractivity contribution in [2.45, 2.75) is 33.1 Å². The van der Waals surface area contributed by atoms with Gasteiger partial charge in [0.1, 0.15) is 11.0 Å². The summed E-state index contributed by atoms with van der Waals surface area (Å²) in [5, 5.41) is 7.93. The van der Waals surface area contributed by atoms with Crippen LogP contribution in [0, 0.1) is 5.41 Å². The predicted octanol–water partition coefficient (Wildman–Crippen LogP) is 4.09. The number of benzene rings is 1. The van der Waals surface area contributed by atoms with Gasteiger partial charge in [-0.2, -0.15) is 0 Å². The van der Waals surface area contributed by atoms with Gasteiger partial charge in [-0.15, -0.1) is 11.3 Å². The maximum Gasteiger partial charge on any atom is 0.187 e. The molecular formula is C21H27N5PS2+. The molecule has 2 aromatic rings. The molecule has 29 heavy (non-hydrogen) atoms. The number of nitrogens with one attached hydrogen (secondary N) is 3. The number of allylic oxidation sites excluding steroid dienone is 3. The maximum absolute atomic E-state index is 6.52. The van der Waals surface area contributed by atoms with E-state index in [0.717, 1.165) is 17.2 Å². The van der Waals surface area contributed by atoms with Crippen LogP contribution in [-0.2, 0) is 11.8 Å². The minimum absolute atomic E-state index is 0.116. The van der Waals surface area contributed by atoms with Crippen LogP contribution in [0.2, 0.25) is 0 Å². The Labute approximate surface area is 181 Å². The monoisotopic (exact) mass is 444 g/mol. The van der Waals surface area contributed by atoms with Gasteiger partial charge in [0.15, 0.2) is 11.5 Å². The Morgan fingerprint density at radius 3 is 2.69 bits per heavy atom. The van der Waals surface area contributed by atoms with Crippen LogP contribution < -0.4 is 20.2 Å². The van der Waals surface area contributed by atoms with Crippen molar-refractivity contribution >= 4 is 40.3 Å². The van der Waals surface area contributed by atoms with Crippen LogP contribution in [-0.4, -0.2) is 18.1 Å². The van der Waals surface area contributed by atoms with Gasteiger partial charge in [0.25, 0.3) is 0 Å². The molecule has 0 unspecified atom stereocenters. The number of thiazole rings is 1. The average Bonchev–Trinajstić information content (AvgIpc) is 3.43. The van der Waals surface area contributed by atoms with E-state index in [2.05, 4.69) is 64.5 Å². The third-order valence-corrected chi connectivity index (χ3v) is 10.5. The third-order valence-electron chi connectivity index (χ3n) is 5.83. The zero-order chi connectivity index (χ0) is 20.1. The van der Waals surface area contributed by atoms with Gasteiger partial charge in [-0.1, -0.05) is 38.1 Å². The standard InChI is InChI=1S/C21H26N5PS2/c1-21(2)14-17-19(18(15-21)25-11-6-7-12-25)27(28,24-20-22-10-13-29-20)26(23-17)16-8-4-3-5-9-16/h3-5,8-10,13-14,23H,6-7,11-12,15H2,1-2H3,(H,22,24,28)/p+1/t27-/m1/s1. The van der Waals surface area contributed by atoms with Gasteiger partial charge < -0.3 is 9.99 Å². The van der Waals surface area contributed by atoms with Crippen molar-refractivity contribution in [1.82, 2.24) is 10.4 Å². The molecule has 1 aliphatic carbocycles.